The van der Waals surface area contributed by atoms with Crippen molar-refractivity contribution in [3.63, 3.8) is 0 Å². The zero-order valence-electron chi connectivity index (χ0n) is 8.67. The van der Waals surface area contributed by atoms with Crippen molar-refractivity contribution in [2.45, 2.75) is 19.6 Å². The average Bonchev–Trinajstić information content (AvgIpc) is 2.66. The topological polar surface area (TPSA) is 38.0 Å². The molecular weight excluding hydrogens is 188 g/mol. The van der Waals surface area contributed by atoms with Crippen LogP contribution in [0.3, 0.4) is 0 Å². The maximum Gasteiger partial charge on any atom is 0.0985 e. The second-order valence-corrected chi connectivity index (χ2v) is 3.58. The third kappa shape index (κ3) is 2.25. The second-order valence-electron chi connectivity index (χ2n) is 3.58. The first-order chi connectivity index (χ1) is 7.27. The van der Waals surface area contributed by atoms with Gasteiger partial charge in [0.1, 0.15) is 0 Å². The number of aliphatic hydroxyl groups is 1. The van der Waals surface area contributed by atoms with Gasteiger partial charge < -0.3 is 5.11 Å². The van der Waals surface area contributed by atoms with Crippen LogP contribution in [0.15, 0.2) is 42.6 Å². The van der Waals surface area contributed by atoms with E-state index in [-0.39, 0.29) is 0 Å². The summed E-state index contributed by atoms with van der Waals surface area (Å²) < 4.78 is 1.80. The Balaban J connectivity index is 2.11. The SMILES string of the molecule is Cc1ccnn1C[C@@H](O)c1ccccc1. The summed E-state index contributed by atoms with van der Waals surface area (Å²) in [6, 6.07) is 11.6. The Bertz CT molecular complexity index is 422. The number of nitrogens with zero attached hydrogens (tertiary/aromatic N) is 2. The van der Waals surface area contributed by atoms with Gasteiger partial charge in [0.15, 0.2) is 0 Å². The quantitative estimate of drug-likeness (QED) is 0.825. The molecular formula is C12H14N2O. The van der Waals surface area contributed by atoms with Gasteiger partial charge in [-0.25, -0.2) is 0 Å². The van der Waals surface area contributed by atoms with Crippen LogP contribution in [0.25, 0.3) is 0 Å². The minimum Gasteiger partial charge on any atom is -0.386 e. The van der Waals surface area contributed by atoms with Crippen molar-refractivity contribution in [2.24, 2.45) is 0 Å². The van der Waals surface area contributed by atoms with Crippen LogP contribution in [0.4, 0.5) is 0 Å². The van der Waals surface area contributed by atoms with E-state index >= 15 is 0 Å². The minimum absolute atomic E-state index is 0.496. The molecule has 3 nitrogen and oxygen atoms in total. The van der Waals surface area contributed by atoms with Crippen LogP contribution in [0.2, 0.25) is 0 Å². The fourth-order valence-electron chi connectivity index (χ4n) is 1.53. The predicted octanol–water partition coefficient (Wildman–Crippen LogP) is 1.93. The average molecular weight is 202 g/mol. The number of hydrogen-bond donors (Lipinski definition) is 1. The Kier molecular flexibility index (Phi) is 2.83. The number of benzene rings is 1. The van der Waals surface area contributed by atoms with E-state index in [0.717, 1.165) is 11.3 Å². The van der Waals surface area contributed by atoms with E-state index in [1.54, 1.807) is 10.9 Å². The summed E-state index contributed by atoms with van der Waals surface area (Å²) in [6.45, 7) is 2.48. The first-order valence-electron chi connectivity index (χ1n) is 4.99. The Morgan fingerprint density at radius 2 is 2.00 bits per heavy atom. The van der Waals surface area contributed by atoms with Crippen LogP contribution < -0.4 is 0 Å². The largest absolute Gasteiger partial charge is 0.386 e. The maximum atomic E-state index is 9.96. The molecule has 1 aromatic carbocycles. The molecule has 0 bridgehead atoms. The summed E-state index contributed by atoms with van der Waals surface area (Å²) in [4.78, 5) is 0. The van der Waals surface area contributed by atoms with E-state index in [4.69, 9.17) is 0 Å². The highest BCUT2D eigenvalue weighted by atomic mass is 16.3. The van der Waals surface area contributed by atoms with Crippen LogP contribution >= 0.6 is 0 Å². The van der Waals surface area contributed by atoms with Gasteiger partial charge in [-0.2, -0.15) is 5.10 Å². The van der Waals surface area contributed by atoms with Gasteiger partial charge in [-0.1, -0.05) is 30.3 Å². The van der Waals surface area contributed by atoms with Gasteiger partial charge >= 0.3 is 0 Å². The number of rotatable bonds is 3. The summed E-state index contributed by atoms with van der Waals surface area (Å²) >= 11 is 0. The normalized spacial score (nSPS) is 12.7. The molecule has 3 heteroatoms. The predicted molar refractivity (Wildman–Crippen MR) is 58.4 cm³/mol. The summed E-state index contributed by atoms with van der Waals surface area (Å²) in [6.07, 6.45) is 1.25. The van der Waals surface area contributed by atoms with Gasteiger partial charge in [-0.15, -0.1) is 0 Å². The number of aromatic nitrogens is 2. The number of hydrogen-bond acceptors (Lipinski definition) is 2. The molecule has 0 saturated carbocycles. The van der Waals surface area contributed by atoms with E-state index < -0.39 is 6.10 Å². The Labute approximate surface area is 89.0 Å². The van der Waals surface area contributed by atoms with Gasteiger partial charge in [-0.05, 0) is 18.6 Å². The van der Waals surface area contributed by atoms with Crippen molar-refractivity contribution < 1.29 is 5.11 Å². The monoisotopic (exact) mass is 202 g/mol. The fraction of sp³-hybridized carbons (Fsp3) is 0.250. The standard InChI is InChI=1S/C12H14N2O/c1-10-7-8-13-14(10)9-12(15)11-5-3-2-4-6-11/h2-8,12,15H,9H2,1H3/t12-/m1/s1. The van der Waals surface area contributed by atoms with Crippen LogP contribution in [-0.2, 0) is 6.54 Å². The molecule has 2 rings (SSSR count). The summed E-state index contributed by atoms with van der Waals surface area (Å²) in [7, 11) is 0. The summed E-state index contributed by atoms with van der Waals surface area (Å²) in [5.41, 5.74) is 1.98. The van der Waals surface area contributed by atoms with Gasteiger partial charge in [0.25, 0.3) is 0 Å². The molecule has 1 N–H and O–H groups in total. The molecule has 0 fully saturated rings. The van der Waals surface area contributed by atoms with Gasteiger partial charge in [-0.3, -0.25) is 4.68 Å². The fourth-order valence-corrected chi connectivity index (χ4v) is 1.53. The van der Waals surface area contributed by atoms with Crippen molar-refractivity contribution in [1.29, 1.82) is 0 Å². The number of aryl methyl sites for hydroxylation is 1. The summed E-state index contributed by atoms with van der Waals surface area (Å²) in [5.74, 6) is 0. The Morgan fingerprint density at radius 1 is 1.27 bits per heavy atom. The van der Waals surface area contributed by atoms with Crippen LogP contribution in [0, 0.1) is 6.92 Å². The molecule has 0 spiro atoms. The molecule has 15 heavy (non-hydrogen) atoms. The lowest BCUT2D eigenvalue weighted by Crippen LogP contribution is -2.10. The summed E-state index contributed by atoms with van der Waals surface area (Å²) in [5, 5.41) is 14.1. The Hall–Kier alpha value is -1.61. The zero-order valence-corrected chi connectivity index (χ0v) is 8.67. The molecule has 2 aromatic rings. The van der Waals surface area contributed by atoms with E-state index in [0.29, 0.717) is 6.54 Å². The van der Waals surface area contributed by atoms with E-state index in [9.17, 15) is 5.11 Å². The van der Waals surface area contributed by atoms with Crippen molar-refractivity contribution in [1.82, 2.24) is 9.78 Å². The molecule has 0 aliphatic carbocycles. The van der Waals surface area contributed by atoms with Crippen LogP contribution in [-0.4, -0.2) is 14.9 Å². The molecule has 0 aliphatic heterocycles. The highest BCUT2D eigenvalue weighted by Gasteiger charge is 2.08. The molecule has 0 amide bonds. The first kappa shape index (κ1) is 9.93. The molecule has 1 aromatic heterocycles. The molecule has 1 heterocycles. The van der Waals surface area contributed by atoms with E-state index in [1.165, 1.54) is 0 Å². The molecule has 0 aliphatic rings. The molecule has 1 atom stereocenters. The van der Waals surface area contributed by atoms with Crippen molar-refractivity contribution in [3.8, 4) is 0 Å². The lowest BCUT2D eigenvalue weighted by atomic mass is 10.1. The highest BCUT2D eigenvalue weighted by Crippen LogP contribution is 2.14. The van der Waals surface area contributed by atoms with Crippen LogP contribution in [0.1, 0.15) is 17.4 Å². The first-order valence-corrected chi connectivity index (χ1v) is 4.99. The van der Waals surface area contributed by atoms with Gasteiger partial charge in [0.05, 0.1) is 12.6 Å². The highest BCUT2D eigenvalue weighted by molar-refractivity contribution is 5.17. The van der Waals surface area contributed by atoms with Gasteiger partial charge in [0.2, 0.25) is 0 Å². The lowest BCUT2D eigenvalue weighted by molar-refractivity contribution is 0.150. The number of aliphatic hydroxyl groups excluding tert-OH is 1. The zero-order chi connectivity index (χ0) is 10.7. The van der Waals surface area contributed by atoms with Crippen molar-refractivity contribution in [3.05, 3.63) is 53.9 Å². The van der Waals surface area contributed by atoms with E-state index in [1.807, 2.05) is 43.3 Å². The smallest absolute Gasteiger partial charge is 0.0985 e. The lowest BCUT2D eigenvalue weighted by Gasteiger charge is -2.12. The minimum atomic E-state index is -0.496. The van der Waals surface area contributed by atoms with Crippen molar-refractivity contribution >= 4 is 0 Å². The Morgan fingerprint density at radius 3 is 2.60 bits per heavy atom. The third-order valence-corrected chi connectivity index (χ3v) is 2.46. The third-order valence-electron chi connectivity index (χ3n) is 2.46. The van der Waals surface area contributed by atoms with Crippen LogP contribution in [0.5, 0.6) is 0 Å². The molecule has 0 unspecified atom stereocenters. The second kappa shape index (κ2) is 4.28. The van der Waals surface area contributed by atoms with Gasteiger partial charge in [0, 0.05) is 11.9 Å². The molecule has 0 saturated heterocycles. The van der Waals surface area contributed by atoms with Crippen molar-refractivity contribution in [2.75, 3.05) is 0 Å². The maximum absolute atomic E-state index is 9.96. The molecule has 78 valence electrons. The van der Waals surface area contributed by atoms with E-state index in [2.05, 4.69) is 5.10 Å². The molecule has 0 radical (unpaired) electrons.